The number of hydrogen-bond donors (Lipinski definition) is 2. The molecule has 2 aromatic carbocycles. The van der Waals surface area contributed by atoms with Crippen LogP contribution in [0.3, 0.4) is 0 Å². The van der Waals surface area contributed by atoms with Gasteiger partial charge in [0.25, 0.3) is 0 Å². The number of benzene rings is 2. The highest BCUT2D eigenvalue weighted by molar-refractivity contribution is 5.80. The fraction of sp³-hybridized carbons (Fsp3) is 0.235. The molecule has 2 rings (SSSR count). The van der Waals surface area contributed by atoms with Crippen LogP contribution in [0.25, 0.3) is 0 Å². The molecule has 3 nitrogen and oxygen atoms in total. The summed E-state index contributed by atoms with van der Waals surface area (Å²) in [5.41, 5.74) is 3.04. The second kappa shape index (κ2) is 7.43. The van der Waals surface area contributed by atoms with Crippen LogP contribution in [0.4, 0.5) is 10.1 Å². The maximum Gasteiger partial charge on any atom is 0.239 e. The Labute approximate surface area is 124 Å². The number of carbonyl (C=O) groups excluding carboxylic acids is 1. The van der Waals surface area contributed by atoms with Gasteiger partial charge in [-0.15, -0.1) is 0 Å². The Kier molecular flexibility index (Phi) is 5.32. The lowest BCUT2D eigenvalue weighted by atomic mass is 10.1. The highest BCUT2D eigenvalue weighted by Gasteiger charge is 2.04. The van der Waals surface area contributed by atoms with Gasteiger partial charge in [0.15, 0.2) is 0 Å². The minimum atomic E-state index is -0.275. The van der Waals surface area contributed by atoms with Crippen molar-refractivity contribution in [1.29, 1.82) is 0 Å². The van der Waals surface area contributed by atoms with Crippen molar-refractivity contribution in [2.24, 2.45) is 0 Å². The van der Waals surface area contributed by atoms with Crippen LogP contribution in [0, 0.1) is 5.82 Å². The number of nitrogens with one attached hydrogen (secondary N) is 2. The van der Waals surface area contributed by atoms with Gasteiger partial charge in [0.1, 0.15) is 5.82 Å². The molecule has 110 valence electrons. The number of hydrogen-bond acceptors (Lipinski definition) is 2. The fourth-order valence-electron chi connectivity index (χ4n) is 2.04. The molecule has 0 aliphatic carbocycles. The van der Waals surface area contributed by atoms with Gasteiger partial charge in [-0.3, -0.25) is 4.79 Å². The first-order valence-electron chi connectivity index (χ1n) is 7.02. The standard InChI is InChI=1S/C17H19FN2O/c1-2-14-5-3-4-6-16(14)19-12-17(21)20-11-13-7-9-15(18)10-8-13/h3-10,19H,2,11-12H2,1H3,(H,20,21). The third-order valence-electron chi connectivity index (χ3n) is 3.24. The number of aryl methyl sites for hydroxylation is 1. The molecule has 0 saturated carbocycles. The van der Waals surface area contributed by atoms with Crippen LogP contribution in [0.1, 0.15) is 18.1 Å². The van der Waals surface area contributed by atoms with Crippen LogP contribution in [0.5, 0.6) is 0 Å². The molecule has 0 fully saturated rings. The average molecular weight is 286 g/mol. The van der Waals surface area contributed by atoms with Gasteiger partial charge < -0.3 is 10.6 Å². The molecule has 4 heteroatoms. The van der Waals surface area contributed by atoms with E-state index < -0.39 is 0 Å². The predicted molar refractivity (Wildman–Crippen MR) is 82.6 cm³/mol. The van der Waals surface area contributed by atoms with Crippen molar-refractivity contribution in [2.75, 3.05) is 11.9 Å². The lowest BCUT2D eigenvalue weighted by molar-refractivity contribution is -0.119. The molecular formula is C17H19FN2O. The van der Waals surface area contributed by atoms with E-state index in [-0.39, 0.29) is 18.3 Å². The fourth-order valence-corrected chi connectivity index (χ4v) is 2.04. The number of amides is 1. The maximum atomic E-state index is 12.8. The van der Waals surface area contributed by atoms with Gasteiger partial charge in [0.2, 0.25) is 5.91 Å². The predicted octanol–water partition coefficient (Wildman–Crippen LogP) is 3.12. The van der Waals surface area contributed by atoms with E-state index in [4.69, 9.17) is 0 Å². The zero-order valence-corrected chi connectivity index (χ0v) is 12.0. The summed E-state index contributed by atoms with van der Waals surface area (Å²) in [5.74, 6) is -0.367. The van der Waals surface area contributed by atoms with Crippen molar-refractivity contribution in [2.45, 2.75) is 19.9 Å². The Morgan fingerprint density at radius 2 is 1.81 bits per heavy atom. The Morgan fingerprint density at radius 3 is 2.52 bits per heavy atom. The van der Waals surface area contributed by atoms with Gasteiger partial charge in [-0.25, -0.2) is 4.39 Å². The summed E-state index contributed by atoms with van der Waals surface area (Å²) < 4.78 is 12.8. The smallest absolute Gasteiger partial charge is 0.239 e. The molecule has 0 unspecified atom stereocenters. The van der Waals surface area contributed by atoms with E-state index in [0.29, 0.717) is 6.54 Å². The zero-order chi connectivity index (χ0) is 15.1. The van der Waals surface area contributed by atoms with Crippen molar-refractivity contribution in [3.8, 4) is 0 Å². The van der Waals surface area contributed by atoms with Crippen molar-refractivity contribution < 1.29 is 9.18 Å². The minimum Gasteiger partial charge on any atom is -0.376 e. The van der Waals surface area contributed by atoms with Crippen LogP contribution in [-0.2, 0) is 17.8 Å². The Bertz CT molecular complexity index is 596. The van der Waals surface area contributed by atoms with E-state index in [2.05, 4.69) is 17.6 Å². The zero-order valence-electron chi connectivity index (χ0n) is 12.0. The third kappa shape index (κ3) is 4.60. The molecule has 2 aromatic rings. The van der Waals surface area contributed by atoms with Crippen LogP contribution < -0.4 is 10.6 Å². The molecule has 21 heavy (non-hydrogen) atoms. The summed E-state index contributed by atoms with van der Waals surface area (Å²) >= 11 is 0. The van der Waals surface area contributed by atoms with Gasteiger partial charge in [0, 0.05) is 12.2 Å². The number of para-hydroxylation sites is 1. The highest BCUT2D eigenvalue weighted by atomic mass is 19.1. The van der Waals surface area contributed by atoms with E-state index >= 15 is 0 Å². The van der Waals surface area contributed by atoms with E-state index in [1.165, 1.54) is 17.7 Å². The first kappa shape index (κ1) is 15.0. The SMILES string of the molecule is CCc1ccccc1NCC(=O)NCc1ccc(F)cc1. The number of rotatable bonds is 6. The van der Waals surface area contributed by atoms with E-state index in [1.54, 1.807) is 12.1 Å². The van der Waals surface area contributed by atoms with Crippen molar-refractivity contribution in [3.63, 3.8) is 0 Å². The van der Waals surface area contributed by atoms with Crippen molar-refractivity contribution in [1.82, 2.24) is 5.32 Å². The lowest BCUT2D eigenvalue weighted by Gasteiger charge is -2.11. The molecule has 0 aliphatic rings. The Morgan fingerprint density at radius 1 is 1.10 bits per heavy atom. The molecule has 1 amide bonds. The average Bonchev–Trinajstić information content (AvgIpc) is 2.52. The Hall–Kier alpha value is -2.36. The second-order valence-electron chi connectivity index (χ2n) is 4.77. The molecule has 0 spiro atoms. The summed E-state index contributed by atoms with van der Waals surface area (Å²) in [5, 5.41) is 5.94. The highest BCUT2D eigenvalue weighted by Crippen LogP contribution is 2.14. The molecule has 0 aliphatic heterocycles. The molecule has 0 bridgehead atoms. The molecule has 0 atom stereocenters. The van der Waals surface area contributed by atoms with Crippen LogP contribution in [-0.4, -0.2) is 12.5 Å². The van der Waals surface area contributed by atoms with Crippen LogP contribution in [0.15, 0.2) is 48.5 Å². The quantitative estimate of drug-likeness (QED) is 0.856. The molecule has 2 N–H and O–H groups in total. The molecular weight excluding hydrogens is 267 g/mol. The molecule has 0 radical (unpaired) electrons. The van der Waals surface area contributed by atoms with Gasteiger partial charge in [0.05, 0.1) is 6.54 Å². The number of halogens is 1. The van der Waals surface area contributed by atoms with Gasteiger partial charge in [-0.2, -0.15) is 0 Å². The number of anilines is 1. The summed E-state index contributed by atoms with van der Waals surface area (Å²) in [6.45, 7) is 2.70. The van der Waals surface area contributed by atoms with Crippen LogP contribution >= 0.6 is 0 Å². The normalized spacial score (nSPS) is 10.2. The number of carbonyl (C=O) groups is 1. The minimum absolute atomic E-state index is 0.0924. The first-order valence-corrected chi connectivity index (χ1v) is 7.02. The van der Waals surface area contributed by atoms with Crippen molar-refractivity contribution >= 4 is 11.6 Å². The summed E-state index contributed by atoms with van der Waals surface area (Å²) in [6.07, 6.45) is 0.917. The molecule has 0 aromatic heterocycles. The van der Waals surface area contributed by atoms with Gasteiger partial charge in [-0.05, 0) is 35.7 Å². The second-order valence-corrected chi connectivity index (χ2v) is 4.77. The van der Waals surface area contributed by atoms with Crippen LogP contribution in [0.2, 0.25) is 0 Å². The van der Waals surface area contributed by atoms with E-state index in [0.717, 1.165) is 17.7 Å². The van der Waals surface area contributed by atoms with Gasteiger partial charge in [-0.1, -0.05) is 37.3 Å². The molecule has 0 saturated heterocycles. The summed E-state index contributed by atoms with van der Waals surface area (Å²) in [6, 6.07) is 14.0. The maximum absolute atomic E-state index is 12.8. The lowest BCUT2D eigenvalue weighted by Crippen LogP contribution is -2.29. The summed E-state index contributed by atoms with van der Waals surface area (Å²) in [4.78, 5) is 11.8. The first-order chi connectivity index (χ1) is 10.2. The topological polar surface area (TPSA) is 41.1 Å². The third-order valence-corrected chi connectivity index (χ3v) is 3.24. The van der Waals surface area contributed by atoms with E-state index in [1.807, 2.05) is 24.3 Å². The monoisotopic (exact) mass is 286 g/mol. The Balaban J connectivity index is 1.81. The van der Waals surface area contributed by atoms with E-state index in [9.17, 15) is 9.18 Å². The summed E-state index contributed by atoms with van der Waals surface area (Å²) in [7, 11) is 0. The van der Waals surface area contributed by atoms with Gasteiger partial charge >= 0.3 is 0 Å². The largest absolute Gasteiger partial charge is 0.376 e. The van der Waals surface area contributed by atoms with Crippen molar-refractivity contribution in [3.05, 3.63) is 65.5 Å². The molecule has 0 heterocycles.